The Morgan fingerprint density at radius 1 is 1.00 bits per heavy atom. The molecule has 0 radical (unpaired) electrons. The number of carbonyl (C=O) groups excluding carboxylic acids is 1. The summed E-state index contributed by atoms with van der Waals surface area (Å²) in [7, 11) is -1.79. The van der Waals surface area contributed by atoms with Crippen LogP contribution in [0.3, 0.4) is 0 Å². The smallest absolute Gasteiger partial charge is 0.279 e. The summed E-state index contributed by atoms with van der Waals surface area (Å²) in [6.45, 7) is 7.56. The molecule has 0 unspecified atom stereocenters. The van der Waals surface area contributed by atoms with Gasteiger partial charge in [0.05, 0.1) is 41.5 Å². The molecule has 3 aromatic rings. The minimum Gasteiger partial charge on any atom is -0.490 e. The molecule has 0 spiro atoms. The largest absolute Gasteiger partial charge is 0.490 e. The molecule has 0 aliphatic heterocycles. The summed E-state index contributed by atoms with van der Waals surface area (Å²) in [4.78, 5) is 18.3. The van der Waals surface area contributed by atoms with Gasteiger partial charge in [0.25, 0.3) is 5.91 Å². The Morgan fingerprint density at radius 2 is 1.63 bits per heavy atom. The van der Waals surface area contributed by atoms with Crippen LogP contribution in [0.25, 0.3) is 10.2 Å². The van der Waals surface area contributed by atoms with Crippen LogP contribution in [0.4, 0.5) is 0 Å². The van der Waals surface area contributed by atoms with Crippen LogP contribution in [0.2, 0.25) is 0 Å². The highest BCUT2D eigenvalue weighted by atomic mass is 32.2. The third-order valence-electron chi connectivity index (χ3n) is 4.95. The van der Waals surface area contributed by atoms with Crippen molar-refractivity contribution in [2.24, 2.45) is 4.99 Å². The first-order valence-corrected chi connectivity index (χ1v) is 13.9. The van der Waals surface area contributed by atoms with Gasteiger partial charge in [-0.15, -0.1) is 0 Å². The molecule has 11 heteroatoms. The number of nitrogens with zero attached hydrogens (tertiary/aromatic N) is 2. The van der Waals surface area contributed by atoms with Gasteiger partial charge < -0.3 is 23.5 Å². The monoisotopic (exact) mass is 522 g/mol. The highest BCUT2D eigenvalue weighted by Crippen LogP contribution is 2.39. The molecule has 0 fully saturated rings. The van der Waals surface area contributed by atoms with Gasteiger partial charge >= 0.3 is 0 Å². The number of hydrogen-bond acceptors (Lipinski definition) is 8. The van der Waals surface area contributed by atoms with Crippen molar-refractivity contribution in [3.05, 3.63) is 40.7 Å². The lowest BCUT2D eigenvalue weighted by Crippen LogP contribution is -2.19. The molecule has 35 heavy (non-hydrogen) atoms. The molecule has 0 atom stereocenters. The molecule has 190 valence electrons. The second-order valence-corrected chi connectivity index (χ2v) is 10.5. The van der Waals surface area contributed by atoms with Gasteiger partial charge in [-0.25, -0.2) is 8.42 Å². The average Bonchev–Trinajstić information content (AvgIpc) is 3.15. The number of fused-ring (bicyclic) bond motifs is 1. The average molecular weight is 523 g/mol. The summed E-state index contributed by atoms with van der Waals surface area (Å²) < 4.78 is 48.9. The summed E-state index contributed by atoms with van der Waals surface area (Å²) >= 11 is 1.24. The minimum absolute atomic E-state index is 0.206. The molecule has 1 heterocycles. The van der Waals surface area contributed by atoms with E-state index in [9.17, 15) is 13.2 Å². The van der Waals surface area contributed by atoms with Gasteiger partial charge in [0.15, 0.2) is 26.1 Å². The molecule has 0 saturated carbocycles. The Hall–Kier alpha value is -2.89. The lowest BCUT2D eigenvalue weighted by Gasteiger charge is -2.16. The molecule has 9 nitrogen and oxygen atoms in total. The quantitative estimate of drug-likeness (QED) is 0.378. The predicted molar refractivity (Wildman–Crippen MR) is 135 cm³/mol. The fourth-order valence-electron chi connectivity index (χ4n) is 3.43. The van der Waals surface area contributed by atoms with Crippen molar-refractivity contribution in [3.8, 4) is 17.2 Å². The van der Waals surface area contributed by atoms with E-state index < -0.39 is 15.7 Å². The Morgan fingerprint density at radius 3 is 2.17 bits per heavy atom. The van der Waals surface area contributed by atoms with E-state index in [-0.39, 0.29) is 10.5 Å². The van der Waals surface area contributed by atoms with Gasteiger partial charge in [0, 0.05) is 25.5 Å². The Balaban J connectivity index is 2.16. The third kappa shape index (κ3) is 6.22. The molecular formula is C24H30N2O7S2. The first-order valence-electron chi connectivity index (χ1n) is 11.2. The van der Waals surface area contributed by atoms with E-state index in [1.54, 1.807) is 37.4 Å². The van der Waals surface area contributed by atoms with Crippen molar-refractivity contribution in [2.75, 3.05) is 39.8 Å². The maximum atomic E-state index is 13.3. The molecule has 0 aliphatic carbocycles. The standard InChI is InChI=1S/C24H30N2O7S2/c1-6-31-19-13-16(14-20(32-7-2)22(19)33-8-3)23(27)25-24-26(11-12-30-4)18-10-9-17(35(5,28)29)15-21(18)34-24/h9-10,13-15H,6-8,11-12H2,1-5H3. The fraction of sp³-hybridized carbons (Fsp3) is 0.417. The van der Waals surface area contributed by atoms with Crippen molar-refractivity contribution in [1.29, 1.82) is 0 Å². The zero-order valence-electron chi connectivity index (χ0n) is 20.5. The molecular weight excluding hydrogens is 492 g/mol. The predicted octanol–water partition coefficient (Wildman–Crippen LogP) is 3.69. The highest BCUT2D eigenvalue weighted by Gasteiger charge is 2.19. The zero-order valence-corrected chi connectivity index (χ0v) is 22.1. The van der Waals surface area contributed by atoms with Gasteiger partial charge in [0.2, 0.25) is 5.75 Å². The van der Waals surface area contributed by atoms with Gasteiger partial charge in [-0.1, -0.05) is 11.3 Å². The van der Waals surface area contributed by atoms with Crippen LogP contribution < -0.4 is 19.0 Å². The van der Waals surface area contributed by atoms with Gasteiger partial charge in [-0.3, -0.25) is 4.79 Å². The summed E-state index contributed by atoms with van der Waals surface area (Å²) in [6.07, 6.45) is 1.16. The van der Waals surface area contributed by atoms with E-state index in [1.807, 2.05) is 25.3 Å². The molecule has 1 amide bonds. The summed E-state index contributed by atoms with van der Waals surface area (Å²) in [5, 5.41) is 0. The van der Waals surface area contributed by atoms with Gasteiger partial charge in [0.1, 0.15) is 0 Å². The van der Waals surface area contributed by atoms with Crippen molar-refractivity contribution in [1.82, 2.24) is 4.57 Å². The molecule has 0 saturated heterocycles. The maximum Gasteiger partial charge on any atom is 0.279 e. The van der Waals surface area contributed by atoms with E-state index >= 15 is 0 Å². The van der Waals surface area contributed by atoms with Crippen molar-refractivity contribution < 1.29 is 32.2 Å². The fourth-order valence-corrected chi connectivity index (χ4v) is 5.25. The molecule has 0 bridgehead atoms. The van der Waals surface area contributed by atoms with Crippen molar-refractivity contribution >= 4 is 37.3 Å². The molecule has 0 N–H and O–H groups in total. The minimum atomic E-state index is -3.37. The van der Waals surface area contributed by atoms with Crippen LogP contribution in [-0.2, 0) is 21.1 Å². The van der Waals surface area contributed by atoms with Crippen LogP contribution >= 0.6 is 11.3 Å². The van der Waals surface area contributed by atoms with Crippen LogP contribution in [0, 0.1) is 0 Å². The second-order valence-electron chi connectivity index (χ2n) is 7.45. The van der Waals surface area contributed by atoms with E-state index in [2.05, 4.69) is 4.99 Å². The number of sulfone groups is 1. The van der Waals surface area contributed by atoms with Crippen LogP contribution in [0.5, 0.6) is 17.2 Å². The van der Waals surface area contributed by atoms with Gasteiger partial charge in [-0.05, 0) is 51.1 Å². The number of methoxy groups -OCH3 is 1. The number of benzene rings is 2. The lowest BCUT2D eigenvalue weighted by molar-refractivity contribution is 0.0996. The molecule has 1 aromatic heterocycles. The Kier molecular flexibility index (Phi) is 8.92. The number of ether oxygens (including phenoxy) is 4. The van der Waals surface area contributed by atoms with E-state index in [4.69, 9.17) is 18.9 Å². The van der Waals surface area contributed by atoms with Crippen LogP contribution in [-0.4, -0.2) is 58.7 Å². The summed E-state index contributed by atoms with van der Waals surface area (Å²) in [5.41, 5.74) is 1.05. The topological polar surface area (TPSA) is 105 Å². The normalized spacial score (nSPS) is 12.2. The molecule has 2 aromatic carbocycles. The van der Waals surface area contributed by atoms with Crippen molar-refractivity contribution in [2.45, 2.75) is 32.2 Å². The number of hydrogen-bond donors (Lipinski definition) is 0. The molecule has 0 aliphatic rings. The van der Waals surface area contributed by atoms with Crippen molar-refractivity contribution in [3.63, 3.8) is 0 Å². The van der Waals surface area contributed by atoms with E-state index in [0.29, 0.717) is 59.7 Å². The Labute approximate surface area is 208 Å². The van der Waals surface area contributed by atoms with Crippen LogP contribution in [0.1, 0.15) is 31.1 Å². The van der Waals surface area contributed by atoms with E-state index in [0.717, 1.165) is 11.8 Å². The summed E-state index contributed by atoms with van der Waals surface area (Å²) in [5.74, 6) is 0.759. The number of rotatable bonds is 11. The second kappa shape index (κ2) is 11.7. The first-order chi connectivity index (χ1) is 16.7. The maximum absolute atomic E-state index is 13.3. The number of carbonyl (C=O) groups is 1. The Bertz CT molecular complexity index is 1350. The number of aromatic nitrogens is 1. The lowest BCUT2D eigenvalue weighted by atomic mass is 10.1. The zero-order chi connectivity index (χ0) is 25.6. The van der Waals surface area contributed by atoms with Gasteiger partial charge in [-0.2, -0.15) is 4.99 Å². The van der Waals surface area contributed by atoms with E-state index in [1.165, 1.54) is 11.3 Å². The summed E-state index contributed by atoms with van der Waals surface area (Å²) in [6, 6.07) is 8.06. The number of amides is 1. The highest BCUT2D eigenvalue weighted by molar-refractivity contribution is 7.90. The first kappa shape index (κ1) is 26.7. The third-order valence-corrected chi connectivity index (χ3v) is 7.11. The number of thiazole rings is 1. The van der Waals surface area contributed by atoms with Crippen LogP contribution in [0.15, 0.2) is 40.2 Å². The molecule has 3 rings (SSSR count). The SMILES string of the molecule is CCOc1cc(C(=O)N=c2sc3cc(S(C)(=O)=O)ccc3n2CCOC)cc(OCC)c1OCC.